The first kappa shape index (κ1) is 25.1. The fourth-order valence-corrected chi connectivity index (χ4v) is 3.57. The van der Waals surface area contributed by atoms with E-state index in [1.54, 1.807) is 17.3 Å². The third-order valence-corrected chi connectivity index (χ3v) is 5.56. The van der Waals surface area contributed by atoms with E-state index in [-0.39, 0.29) is 29.3 Å². The molecule has 2 aromatic rings. The number of carbonyl (C=O) groups is 2. The summed E-state index contributed by atoms with van der Waals surface area (Å²) < 4.78 is 56.4. The molecular weight excluding hydrogens is 456 g/mol. The molecule has 34 heavy (non-hydrogen) atoms. The zero-order chi connectivity index (χ0) is 24.9. The predicted molar refractivity (Wildman–Crippen MR) is 120 cm³/mol. The zero-order valence-corrected chi connectivity index (χ0v) is 18.8. The highest BCUT2D eigenvalue weighted by atomic mass is 19.4. The average Bonchev–Trinajstić information content (AvgIpc) is 2.82. The van der Waals surface area contributed by atoms with Gasteiger partial charge in [-0.25, -0.2) is 4.39 Å². The van der Waals surface area contributed by atoms with E-state index in [0.717, 1.165) is 17.5 Å². The molecule has 0 bridgehead atoms. The number of rotatable bonds is 7. The highest BCUT2D eigenvalue weighted by molar-refractivity contribution is 5.95. The molecule has 2 N–H and O–H groups in total. The van der Waals surface area contributed by atoms with E-state index < -0.39 is 24.4 Å². The number of hydrogen-bond acceptors (Lipinski definition) is 5. The van der Waals surface area contributed by atoms with Gasteiger partial charge in [-0.3, -0.25) is 9.59 Å². The van der Waals surface area contributed by atoms with E-state index in [1.807, 2.05) is 24.3 Å². The summed E-state index contributed by atoms with van der Waals surface area (Å²) in [6.07, 6.45) is -4.58. The SMILES string of the molecule is COc1ccc(N2CCN(C(=O)CNc3cc(C(=O)NCC(F)(F)F)cc(F)c3C)CC2)cc1. The molecule has 11 heteroatoms. The summed E-state index contributed by atoms with van der Waals surface area (Å²) in [5.41, 5.74) is 1.08. The first-order valence-corrected chi connectivity index (χ1v) is 10.6. The Morgan fingerprint density at radius 2 is 1.71 bits per heavy atom. The number of nitrogens with zero attached hydrogens (tertiary/aromatic N) is 2. The molecule has 0 radical (unpaired) electrons. The number of nitrogens with one attached hydrogen (secondary N) is 2. The smallest absolute Gasteiger partial charge is 0.405 e. The van der Waals surface area contributed by atoms with Crippen molar-refractivity contribution >= 4 is 23.2 Å². The number of ether oxygens (including phenoxy) is 1. The molecule has 0 aliphatic carbocycles. The Morgan fingerprint density at radius 3 is 2.29 bits per heavy atom. The quantitative estimate of drug-likeness (QED) is 0.593. The van der Waals surface area contributed by atoms with Gasteiger partial charge in [0.15, 0.2) is 0 Å². The fourth-order valence-electron chi connectivity index (χ4n) is 3.57. The van der Waals surface area contributed by atoms with Gasteiger partial charge in [0, 0.05) is 48.7 Å². The van der Waals surface area contributed by atoms with E-state index in [9.17, 15) is 27.2 Å². The summed E-state index contributed by atoms with van der Waals surface area (Å²) in [4.78, 5) is 28.5. The largest absolute Gasteiger partial charge is 0.497 e. The molecule has 1 aliphatic heterocycles. The number of methoxy groups -OCH3 is 1. The molecule has 1 fully saturated rings. The highest BCUT2D eigenvalue weighted by Gasteiger charge is 2.28. The molecule has 1 saturated heterocycles. The first-order chi connectivity index (χ1) is 16.1. The Bertz CT molecular complexity index is 1020. The number of alkyl halides is 3. The minimum absolute atomic E-state index is 0.142. The van der Waals surface area contributed by atoms with E-state index in [0.29, 0.717) is 26.2 Å². The van der Waals surface area contributed by atoms with Gasteiger partial charge in [0.2, 0.25) is 5.91 Å². The van der Waals surface area contributed by atoms with Gasteiger partial charge in [0.05, 0.1) is 13.7 Å². The minimum atomic E-state index is -4.58. The van der Waals surface area contributed by atoms with Crippen LogP contribution in [0.3, 0.4) is 0 Å². The molecule has 0 spiro atoms. The minimum Gasteiger partial charge on any atom is -0.497 e. The molecule has 7 nitrogen and oxygen atoms in total. The van der Waals surface area contributed by atoms with Crippen LogP contribution in [-0.2, 0) is 4.79 Å². The van der Waals surface area contributed by atoms with Gasteiger partial charge in [-0.15, -0.1) is 0 Å². The lowest BCUT2D eigenvalue weighted by molar-refractivity contribution is -0.129. The Kier molecular flexibility index (Phi) is 7.85. The van der Waals surface area contributed by atoms with Gasteiger partial charge < -0.3 is 25.2 Å². The summed E-state index contributed by atoms with van der Waals surface area (Å²) in [5.74, 6) is -1.26. The van der Waals surface area contributed by atoms with Crippen molar-refractivity contribution in [1.82, 2.24) is 10.2 Å². The fraction of sp³-hybridized carbons (Fsp3) is 0.391. The monoisotopic (exact) mass is 482 g/mol. The summed E-state index contributed by atoms with van der Waals surface area (Å²) in [7, 11) is 1.60. The summed E-state index contributed by atoms with van der Waals surface area (Å²) in [6.45, 7) is 2.06. The maximum absolute atomic E-state index is 14.3. The highest BCUT2D eigenvalue weighted by Crippen LogP contribution is 2.23. The number of carbonyl (C=O) groups excluding carboxylic acids is 2. The molecule has 0 atom stereocenters. The third kappa shape index (κ3) is 6.52. The van der Waals surface area contributed by atoms with Crippen molar-refractivity contribution in [2.45, 2.75) is 13.1 Å². The molecular formula is C23H26F4N4O3. The van der Waals surface area contributed by atoms with Crippen LogP contribution in [0.1, 0.15) is 15.9 Å². The molecule has 0 aromatic heterocycles. The standard InChI is InChI=1S/C23H26F4N4O3/c1-15-19(24)11-16(22(33)29-14-23(25,26)27)12-20(15)28-13-21(32)31-9-7-30(8-10-31)17-3-5-18(34-2)6-4-17/h3-6,11-12,28H,7-10,13-14H2,1-2H3,(H,29,33). The molecule has 0 unspecified atom stereocenters. The molecule has 1 heterocycles. The zero-order valence-electron chi connectivity index (χ0n) is 18.8. The van der Waals surface area contributed by atoms with E-state index in [4.69, 9.17) is 4.74 Å². The lowest BCUT2D eigenvalue weighted by atomic mass is 10.1. The van der Waals surface area contributed by atoms with Crippen molar-refractivity contribution in [3.05, 3.63) is 53.3 Å². The van der Waals surface area contributed by atoms with Gasteiger partial charge in [0.25, 0.3) is 5.91 Å². The predicted octanol–water partition coefficient (Wildman–Crippen LogP) is 3.20. The van der Waals surface area contributed by atoms with Gasteiger partial charge in [-0.05, 0) is 43.3 Å². The number of halogens is 4. The molecule has 2 amide bonds. The summed E-state index contributed by atoms with van der Waals surface area (Å²) >= 11 is 0. The van der Waals surface area contributed by atoms with Crippen molar-refractivity contribution in [3.63, 3.8) is 0 Å². The number of anilines is 2. The number of hydrogen-bond donors (Lipinski definition) is 2. The van der Waals surface area contributed by atoms with Crippen molar-refractivity contribution in [1.29, 1.82) is 0 Å². The van der Waals surface area contributed by atoms with E-state index in [1.165, 1.54) is 13.0 Å². The van der Waals surface area contributed by atoms with Crippen molar-refractivity contribution < 1.29 is 31.9 Å². The van der Waals surface area contributed by atoms with E-state index in [2.05, 4.69) is 10.2 Å². The van der Waals surface area contributed by atoms with Crippen LogP contribution in [0.25, 0.3) is 0 Å². The van der Waals surface area contributed by atoms with Crippen LogP contribution < -0.4 is 20.3 Å². The van der Waals surface area contributed by atoms with Crippen LogP contribution in [-0.4, -0.2) is 69.3 Å². The Balaban J connectivity index is 1.56. The Labute approximate surface area is 194 Å². The van der Waals surface area contributed by atoms with Crippen molar-refractivity contribution in [2.24, 2.45) is 0 Å². The molecule has 2 aromatic carbocycles. The van der Waals surface area contributed by atoms with Crippen LogP contribution in [0.2, 0.25) is 0 Å². The Hall–Kier alpha value is -3.50. The van der Waals surface area contributed by atoms with Crippen molar-refractivity contribution in [3.8, 4) is 5.75 Å². The van der Waals surface area contributed by atoms with Gasteiger partial charge in [-0.2, -0.15) is 13.2 Å². The van der Waals surface area contributed by atoms with Crippen molar-refractivity contribution in [2.75, 3.05) is 56.6 Å². The maximum atomic E-state index is 14.3. The molecule has 3 rings (SSSR count). The second-order valence-corrected chi connectivity index (χ2v) is 7.85. The molecule has 0 saturated carbocycles. The normalized spacial score (nSPS) is 14.1. The van der Waals surface area contributed by atoms with E-state index >= 15 is 0 Å². The van der Waals surface area contributed by atoms with Crippen LogP contribution in [0, 0.1) is 12.7 Å². The van der Waals surface area contributed by atoms with Gasteiger partial charge >= 0.3 is 6.18 Å². The number of benzene rings is 2. The maximum Gasteiger partial charge on any atom is 0.405 e. The Morgan fingerprint density at radius 1 is 1.06 bits per heavy atom. The van der Waals surface area contributed by atoms with Gasteiger partial charge in [0.1, 0.15) is 18.1 Å². The lowest BCUT2D eigenvalue weighted by Gasteiger charge is -2.36. The van der Waals surface area contributed by atoms with Crippen LogP contribution in [0.15, 0.2) is 36.4 Å². The number of amides is 2. The summed E-state index contributed by atoms with van der Waals surface area (Å²) in [5, 5.41) is 4.52. The summed E-state index contributed by atoms with van der Waals surface area (Å²) in [6, 6.07) is 9.75. The topological polar surface area (TPSA) is 73.9 Å². The van der Waals surface area contributed by atoms with Crippen LogP contribution in [0.5, 0.6) is 5.75 Å². The first-order valence-electron chi connectivity index (χ1n) is 10.6. The lowest BCUT2D eigenvalue weighted by Crippen LogP contribution is -2.50. The molecule has 184 valence electrons. The van der Waals surface area contributed by atoms with Crippen LogP contribution in [0.4, 0.5) is 28.9 Å². The average molecular weight is 482 g/mol. The second-order valence-electron chi connectivity index (χ2n) is 7.85. The third-order valence-electron chi connectivity index (χ3n) is 5.56. The number of piperazine rings is 1. The van der Waals surface area contributed by atoms with Gasteiger partial charge in [-0.1, -0.05) is 0 Å². The second kappa shape index (κ2) is 10.6. The molecule has 1 aliphatic rings. The van der Waals surface area contributed by atoms with Crippen LogP contribution >= 0.6 is 0 Å².